The van der Waals surface area contributed by atoms with E-state index in [0.29, 0.717) is 18.4 Å². The Morgan fingerprint density at radius 2 is 1.62 bits per heavy atom. The van der Waals surface area contributed by atoms with Gasteiger partial charge in [0, 0.05) is 33.1 Å². The van der Waals surface area contributed by atoms with E-state index in [2.05, 4.69) is 5.32 Å². The average molecular weight is 466 g/mol. The van der Waals surface area contributed by atoms with Gasteiger partial charge in [-0.3, -0.25) is 9.59 Å². The topological polar surface area (TPSA) is 113 Å². The fraction of sp³-hybridized carbons (Fsp3) is 0.591. The number of hydrogen-bond donors (Lipinski definition) is 1. The molecule has 0 unspecified atom stereocenters. The van der Waals surface area contributed by atoms with Gasteiger partial charge < -0.3 is 15.0 Å². The van der Waals surface area contributed by atoms with E-state index in [4.69, 9.17) is 4.74 Å². The Morgan fingerprint density at radius 3 is 2.22 bits per heavy atom. The summed E-state index contributed by atoms with van der Waals surface area (Å²) in [6, 6.07) is 8.97. The van der Waals surface area contributed by atoms with Crippen LogP contribution in [0, 0.1) is 0 Å². The van der Waals surface area contributed by atoms with Crippen LogP contribution in [0.15, 0.2) is 30.3 Å². The molecule has 1 aliphatic carbocycles. The number of carbonyl (C=O) groups is 3. The van der Waals surface area contributed by atoms with E-state index in [1.165, 1.54) is 16.1 Å². The second-order valence-electron chi connectivity index (χ2n) is 8.42. The number of piperazine rings is 1. The zero-order chi connectivity index (χ0) is 23.2. The highest BCUT2D eigenvalue weighted by molar-refractivity contribution is 7.88. The minimum Gasteiger partial charge on any atom is -0.454 e. The lowest BCUT2D eigenvalue weighted by molar-refractivity contribution is -0.160. The van der Waals surface area contributed by atoms with Crippen molar-refractivity contribution in [3.63, 3.8) is 0 Å². The summed E-state index contributed by atoms with van der Waals surface area (Å²) in [5.74, 6) is -1.33. The van der Waals surface area contributed by atoms with Gasteiger partial charge in [0.2, 0.25) is 15.9 Å². The molecule has 0 atom stereocenters. The molecule has 0 radical (unpaired) electrons. The number of nitrogens with one attached hydrogen (secondary N) is 1. The Kier molecular flexibility index (Phi) is 7.89. The molecule has 176 valence electrons. The Labute approximate surface area is 189 Å². The lowest BCUT2D eigenvalue weighted by atomic mass is 9.81. The summed E-state index contributed by atoms with van der Waals surface area (Å²) in [7, 11) is -3.48. The lowest BCUT2D eigenvalue weighted by Crippen LogP contribution is -2.56. The monoisotopic (exact) mass is 465 g/mol. The van der Waals surface area contributed by atoms with Gasteiger partial charge in [0.1, 0.15) is 5.54 Å². The molecule has 1 heterocycles. The lowest BCUT2D eigenvalue weighted by Gasteiger charge is -2.36. The fourth-order valence-corrected chi connectivity index (χ4v) is 5.84. The third-order valence-electron chi connectivity index (χ3n) is 6.02. The second-order valence-corrected chi connectivity index (χ2v) is 10.4. The molecule has 32 heavy (non-hydrogen) atoms. The van der Waals surface area contributed by atoms with Gasteiger partial charge >= 0.3 is 5.97 Å². The van der Waals surface area contributed by atoms with E-state index in [1.807, 2.05) is 6.07 Å². The summed E-state index contributed by atoms with van der Waals surface area (Å²) in [5.41, 5.74) is -0.345. The van der Waals surface area contributed by atoms with Gasteiger partial charge in [-0.05, 0) is 18.4 Å². The molecule has 1 aromatic carbocycles. The van der Waals surface area contributed by atoms with Crippen LogP contribution in [-0.4, -0.2) is 73.7 Å². The maximum atomic E-state index is 12.7. The van der Waals surface area contributed by atoms with Crippen LogP contribution in [-0.2, 0) is 34.9 Å². The van der Waals surface area contributed by atoms with Gasteiger partial charge in [-0.15, -0.1) is 0 Å². The van der Waals surface area contributed by atoms with E-state index in [-0.39, 0.29) is 43.7 Å². The maximum absolute atomic E-state index is 12.7. The summed E-state index contributed by atoms with van der Waals surface area (Å²) in [6.07, 6.45) is 3.60. The molecule has 0 bridgehead atoms. The van der Waals surface area contributed by atoms with Crippen molar-refractivity contribution in [3.05, 3.63) is 35.9 Å². The number of hydrogen-bond acceptors (Lipinski definition) is 6. The van der Waals surface area contributed by atoms with Crippen LogP contribution < -0.4 is 5.32 Å². The van der Waals surface area contributed by atoms with Gasteiger partial charge in [0.05, 0.1) is 5.75 Å². The first kappa shape index (κ1) is 24.2. The first-order valence-electron chi connectivity index (χ1n) is 11.0. The predicted octanol–water partition coefficient (Wildman–Crippen LogP) is 1.04. The first-order chi connectivity index (χ1) is 15.2. The van der Waals surface area contributed by atoms with Crippen LogP contribution >= 0.6 is 0 Å². The number of amides is 2. The highest BCUT2D eigenvalue weighted by Crippen LogP contribution is 2.29. The normalized spacial score (nSPS) is 19.2. The molecule has 1 saturated carbocycles. The predicted molar refractivity (Wildman–Crippen MR) is 118 cm³/mol. The third-order valence-corrected chi connectivity index (χ3v) is 7.87. The van der Waals surface area contributed by atoms with Crippen molar-refractivity contribution in [1.29, 1.82) is 0 Å². The van der Waals surface area contributed by atoms with Crippen LogP contribution in [0.4, 0.5) is 0 Å². The quantitative estimate of drug-likeness (QED) is 0.602. The molecule has 3 rings (SSSR count). The van der Waals surface area contributed by atoms with Crippen molar-refractivity contribution in [3.8, 4) is 0 Å². The van der Waals surface area contributed by atoms with Crippen molar-refractivity contribution in [2.45, 2.75) is 50.3 Å². The Morgan fingerprint density at radius 1 is 1.00 bits per heavy atom. The van der Waals surface area contributed by atoms with Crippen molar-refractivity contribution < 1.29 is 27.5 Å². The number of nitrogens with zero attached hydrogens (tertiary/aromatic N) is 2. The molecule has 2 aliphatic rings. The standard InChI is InChI=1S/C22H31N3O6S/c1-18(26)23-22(10-6-3-7-11-22)21(28)31-16-20(27)24-12-14-25(15-13-24)32(29,30)17-19-8-4-2-5-9-19/h2,4-5,8-9H,3,6-7,10-17H2,1H3,(H,23,26). The number of rotatable bonds is 7. The Hall–Kier alpha value is -2.46. The van der Waals surface area contributed by atoms with Crippen LogP contribution in [0.5, 0.6) is 0 Å². The van der Waals surface area contributed by atoms with Crippen LogP contribution in [0.3, 0.4) is 0 Å². The highest BCUT2D eigenvalue weighted by Gasteiger charge is 2.42. The first-order valence-corrected chi connectivity index (χ1v) is 12.6. The van der Waals surface area contributed by atoms with E-state index >= 15 is 0 Å². The van der Waals surface area contributed by atoms with Crippen molar-refractivity contribution in [1.82, 2.24) is 14.5 Å². The SMILES string of the molecule is CC(=O)NC1(C(=O)OCC(=O)N2CCN(S(=O)(=O)Cc3ccccc3)CC2)CCCCC1. The molecule has 1 aliphatic heterocycles. The zero-order valence-corrected chi connectivity index (χ0v) is 19.2. The summed E-state index contributed by atoms with van der Waals surface area (Å²) in [6.45, 7) is 1.81. The van der Waals surface area contributed by atoms with Crippen LogP contribution in [0.2, 0.25) is 0 Å². The van der Waals surface area contributed by atoms with Gasteiger partial charge in [0.25, 0.3) is 5.91 Å². The zero-order valence-electron chi connectivity index (χ0n) is 18.4. The highest BCUT2D eigenvalue weighted by atomic mass is 32.2. The number of esters is 1. The summed E-state index contributed by atoms with van der Waals surface area (Å²) >= 11 is 0. The maximum Gasteiger partial charge on any atom is 0.332 e. The molecule has 10 heteroatoms. The van der Waals surface area contributed by atoms with Crippen LogP contribution in [0.1, 0.15) is 44.6 Å². The van der Waals surface area contributed by atoms with Crippen molar-refractivity contribution >= 4 is 27.8 Å². The van der Waals surface area contributed by atoms with Crippen molar-refractivity contribution in [2.75, 3.05) is 32.8 Å². The second kappa shape index (κ2) is 10.4. The number of ether oxygens (including phenoxy) is 1. The third kappa shape index (κ3) is 6.07. The molecule has 2 fully saturated rings. The average Bonchev–Trinajstić information content (AvgIpc) is 2.78. The molecular formula is C22H31N3O6S. The summed E-state index contributed by atoms with van der Waals surface area (Å²) in [5, 5.41) is 2.73. The number of sulfonamides is 1. The molecule has 0 aromatic heterocycles. The molecule has 9 nitrogen and oxygen atoms in total. The van der Waals surface area contributed by atoms with Gasteiger partial charge in [-0.1, -0.05) is 49.6 Å². The molecule has 2 amide bonds. The van der Waals surface area contributed by atoms with E-state index < -0.39 is 28.1 Å². The van der Waals surface area contributed by atoms with Gasteiger partial charge in [0.15, 0.2) is 6.61 Å². The fourth-order valence-electron chi connectivity index (χ4n) is 4.32. The van der Waals surface area contributed by atoms with E-state index in [0.717, 1.165) is 19.3 Å². The minimum atomic E-state index is -3.48. The summed E-state index contributed by atoms with van der Waals surface area (Å²) < 4.78 is 32.0. The Balaban J connectivity index is 1.50. The smallest absolute Gasteiger partial charge is 0.332 e. The number of benzene rings is 1. The minimum absolute atomic E-state index is 0.0787. The van der Waals surface area contributed by atoms with E-state index in [1.54, 1.807) is 24.3 Å². The molecule has 1 N–H and O–H groups in total. The van der Waals surface area contributed by atoms with Gasteiger partial charge in [-0.25, -0.2) is 13.2 Å². The van der Waals surface area contributed by atoms with Gasteiger partial charge in [-0.2, -0.15) is 4.31 Å². The van der Waals surface area contributed by atoms with Crippen molar-refractivity contribution in [2.24, 2.45) is 0 Å². The Bertz CT molecular complexity index is 920. The molecule has 1 aromatic rings. The van der Waals surface area contributed by atoms with Crippen LogP contribution in [0.25, 0.3) is 0 Å². The molecular weight excluding hydrogens is 434 g/mol. The number of carbonyl (C=O) groups excluding carboxylic acids is 3. The largest absolute Gasteiger partial charge is 0.454 e. The van der Waals surface area contributed by atoms with E-state index in [9.17, 15) is 22.8 Å². The summed E-state index contributed by atoms with van der Waals surface area (Å²) in [4.78, 5) is 38.4. The molecule has 0 spiro atoms. The molecule has 1 saturated heterocycles.